The Morgan fingerprint density at radius 2 is 2.00 bits per heavy atom. The average molecular weight is 276 g/mol. The van der Waals surface area contributed by atoms with Crippen LogP contribution in [0.3, 0.4) is 0 Å². The van der Waals surface area contributed by atoms with Gasteiger partial charge >= 0.3 is 0 Å². The molecule has 1 aromatic carbocycles. The maximum Gasteiger partial charge on any atom is 0.126 e. The van der Waals surface area contributed by atoms with E-state index in [4.69, 9.17) is 4.74 Å². The lowest BCUT2D eigenvalue weighted by atomic mass is 10.1. The molecule has 0 aliphatic carbocycles. The molecule has 19 heavy (non-hydrogen) atoms. The molecule has 0 fully saturated rings. The van der Waals surface area contributed by atoms with Gasteiger partial charge in [0.15, 0.2) is 0 Å². The van der Waals surface area contributed by atoms with Crippen LogP contribution in [0.2, 0.25) is 0 Å². The van der Waals surface area contributed by atoms with Crippen LogP contribution in [0.1, 0.15) is 34.8 Å². The fourth-order valence-electron chi connectivity index (χ4n) is 2.18. The monoisotopic (exact) mass is 276 g/mol. The van der Waals surface area contributed by atoms with Crippen molar-refractivity contribution in [2.24, 2.45) is 0 Å². The predicted molar refractivity (Wildman–Crippen MR) is 81.4 cm³/mol. The van der Waals surface area contributed by atoms with Crippen LogP contribution < -0.4 is 10.1 Å². The van der Waals surface area contributed by atoms with E-state index in [2.05, 4.69) is 48.6 Å². The maximum absolute atomic E-state index is 5.45. The molecule has 0 amide bonds. The molecule has 1 unspecified atom stereocenters. The lowest BCUT2D eigenvalue weighted by Gasteiger charge is -2.18. The number of benzene rings is 1. The van der Waals surface area contributed by atoms with Gasteiger partial charge in [0.25, 0.3) is 0 Å². The fourth-order valence-corrected chi connectivity index (χ4v) is 2.89. The molecule has 0 saturated heterocycles. The lowest BCUT2D eigenvalue weighted by Crippen LogP contribution is -2.09. The lowest BCUT2D eigenvalue weighted by molar-refractivity contribution is 0.409. The highest BCUT2D eigenvalue weighted by Crippen LogP contribution is 2.31. The Kier molecular flexibility index (Phi) is 4.10. The largest absolute Gasteiger partial charge is 0.496 e. The highest BCUT2D eigenvalue weighted by molar-refractivity contribution is 7.09. The number of hydrogen-bond acceptors (Lipinski definition) is 4. The van der Waals surface area contributed by atoms with Crippen LogP contribution in [-0.4, -0.2) is 12.1 Å². The summed E-state index contributed by atoms with van der Waals surface area (Å²) in [6, 6.07) is 4.37. The third kappa shape index (κ3) is 2.89. The number of aryl methyl sites for hydroxylation is 2. The summed E-state index contributed by atoms with van der Waals surface area (Å²) < 4.78 is 5.45. The quantitative estimate of drug-likeness (QED) is 0.906. The topological polar surface area (TPSA) is 34.1 Å². The van der Waals surface area contributed by atoms with Crippen molar-refractivity contribution in [3.05, 3.63) is 39.3 Å². The Morgan fingerprint density at radius 3 is 2.58 bits per heavy atom. The van der Waals surface area contributed by atoms with Gasteiger partial charge in [-0.05, 0) is 39.3 Å². The number of thiazole rings is 1. The minimum absolute atomic E-state index is 0.191. The van der Waals surface area contributed by atoms with Gasteiger partial charge in [0, 0.05) is 16.6 Å². The van der Waals surface area contributed by atoms with E-state index in [9.17, 15) is 0 Å². The molecule has 1 aromatic heterocycles. The van der Waals surface area contributed by atoms with Crippen LogP contribution in [0.4, 0.5) is 5.69 Å². The first-order valence-electron chi connectivity index (χ1n) is 6.35. The average Bonchev–Trinajstić information content (AvgIpc) is 2.80. The second-order valence-electron chi connectivity index (χ2n) is 4.75. The minimum Gasteiger partial charge on any atom is -0.496 e. The molecule has 1 heterocycles. The third-order valence-corrected chi connectivity index (χ3v) is 4.05. The van der Waals surface area contributed by atoms with Gasteiger partial charge in [-0.3, -0.25) is 0 Å². The number of hydrogen-bond donors (Lipinski definition) is 1. The maximum atomic E-state index is 5.45. The smallest absolute Gasteiger partial charge is 0.126 e. The van der Waals surface area contributed by atoms with E-state index in [0.717, 1.165) is 33.3 Å². The molecule has 0 aliphatic rings. The molecule has 1 N–H and O–H groups in total. The Labute approximate surface area is 118 Å². The zero-order valence-electron chi connectivity index (χ0n) is 12.1. The highest BCUT2D eigenvalue weighted by Gasteiger charge is 2.12. The summed E-state index contributed by atoms with van der Waals surface area (Å²) >= 11 is 1.68. The number of nitrogens with one attached hydrogen (secondary N) is 1. The van der Waals surface area contributed by atoms with Gasteiger partial charge in [-0.2, -0.15) is 0 Å². The summed E-state index contributed by atoms with van der Waals surface area (Å²) in [5.41, 5.74) is 4.48. The van der Waals surface area contributed by atoms with Crippen molar-refractivity contribution >= 4 is 17.0 Å². The van der Waals surface area contributed by atoms with Gasteiger partial charge in [-0.15, -0.1) is 11.3 Å². The van der Waals surface area contributed by atoms with Crippen LogP contribution in [0.25, 0.3) is 0 Å². The fraction of sp³-hybridized carbons (Fsp3) is 0.400. The Balaban J connectivity index is 2.24. The molecule has 0 saturated carbocycles. The molecule has 0 bridgehead atoms. The Bertz CT molecular complexity index is 578. The Hall–Kier alpha value is -1.55. The van der Waals surface area contributed by atoms with E-state index in [1.165, 1.54) is 0 Å². The molecule has 2 aromatic rings. The van der Waals surface area contributed by atoms with Crippen LogP contribution in [0.5, 0.6) is 5.75 Å². The van der Waals surface area contributed by atoms with E-state index >= 15 is 0 Å². The number of rotatable bonds is 4. The molecular weight excluding hydrogens is 256 g/mol. The first-order chi connectivity index (χ1) is 9.02. The molecule has 4 heteroatoms. The second kappa shape index (κ2) is 5.61. The normalized spacial score (nSPS) is 12.3. The summed E-state index contributed by atoms with van der Waals surface area (Å²) in [7, 11) is 1.71. The second-order valence-corrected chi connectivity index (χ2v) is 5.81. The van der Waals surface area contributed by atoms with Gasteiger partial charge in [0.05, 0.1) is 23.9 Å². The van der Waals surface area contributed by atoms with Gasteiger partial charge in [-0.25, -0.2) is 4.98 Å². The summed E-state index contributed by atoms with van der Waals surface area (Å²) in [4.78, 5) is 4.52. The van der Waals surface area contributed by atoms with Crippen molar-refractivity contribution in [3.8, 4) is 5.75 Å². The van der Waals surface area contributed by atoms with Gasteiger partial charge in [0.2, 0.25) is 0 Å². The number of ether oxygens (including phenoxy) is 1. The van der Waals surface area contributed by atoms with E-state index in [-0.39, 0.29) is 6.04 Å². The van der Waals surface area contributed by atoms with Gasteiger partial charge < -0.3 is 10.1 Å². The number of aromatic nitrogens is 1. The predicted octanol–water partition coefficient (Wildman–Crippen LogP) is 4.25. The molecular formula is C15H20N2OS. The molecule has 0 aliphatic heterocycles. The molecule has 0 radical (unpaired) electrons. The van der Waals surface area contributed by atoms with Crippen molar-refractivity contribution in [1.29, 1.82) is 0 Å². The zero-order valence-corrected chi connectivity index (χ0v) is 12.9. The van der Waals surface area contributed by atoms with Crippen molar-refractivity contribution in [2.45, 2.75) is 33.7 Å². The molecule has 102 valence electrons. The molecule has 3 nitrogen and oxygen atoms in total. The molecule has 1 atom stereocenters. The first-order valence-corrected chi connectivity index (χ1v) is 7.23. The van der Waals surface area contributed by atoms with Gasteiger partial charge in [0.1, 0.15) is 5.75 Å². The highest BCUT2D eigenvalue weighted by atomic mass is 32.1. The summed E-state index contributed by atoms with van der Waals surface area (Å²) in [5, 5.41) is 6.71. The van der Waals surface area contributed by atoms with Crippen LogP contribution >= 0.6 is 11.3 Å². The minimum atomic E-state index is 0.191. The van der Waals surface area contributed by atoms with Crippen molar-refractivity contribution in [2.75, 3.05) is 12.4 Å². The zero-order chi connectivity index (χ0) is 14.0. The molecule has 2 rings (SSSR count). The number of methoxy groups -OCH3 is 1. The van der Waals surface area contributed by atoms with Crippen molar-refractivity contribution in [1.82, 2.24) is 4.98 Å². The van der Waals surface area contributed by atoms with Crippen molar-refractivity contribution < 1.29 is 4.74 Å². The van der Waals surface area contributed by atoms with E-state index < -0.39 is 0 Å². The summed E-state index contributed by atoms with van der Waals surface area (Å²) in [6.07, 6.45) is 0. The van der Waals surface area contributed by atoms with E-state index in [0.29, 0.717) is 0 Å². The van der Waals surface area contributed by atoms with E-state index in [1.807, 2.05) is 6.92 Å². The van der Waals surface area contributed by atoms with Crippen LogP contribution in [0.15, 0.2) is 17.5 Å². The Morgan fingerprint density at radius 1 is 1.26 bits per heavy atom. The summed E-state index contributed by atoms with van der Waals surface area (Å²) in [6.45, 7) is 8.29. The van der Waals surface area contributed by atoms with E-state index in [1.54, 1.807) is 18.4 Å². The molecule has 0 spiro atoms. The first kappa shape index (κ1) is 13.9. The standard InChI is InChI=1S/C15H20N2OS/c1-9-6-7-13(10(2)15(9)18-5)16-11(3)14-8-19-12(4)17-14/h6-8,11,16H,1-5H3. The van der Waals surface area contributed by atoms with Gasteiger partial charge in [-0.1, -0.05) is 6.07 Å². The number of nitrogens with zero attached hydrogens (tertiary/aromatic N) is 1. The van der Waals surface area contributed by atoms with Crippen LogP contribution in [-0.2, 0) is 0 Å². The third-order valence-electron chi connectivity index (χ3n) is 3.26. The van der Waals surface area contributed by atoms with Crippen molar-refractivity contribution in [3.63, 3.8) is 0 Å². The number of anilines is 1. The summed E-state index contributed by atoms with van der Waals surface area (Å²) in [5.74, 6) is 0.951. The van der Waals surface area contributed by atoms with Crippen LogP contribution in [0, 0.1) is 20.8 Å². The SMILES string of the molecule is COc1c(C)ccc(NC(C)c2csc(C)n2)c1C.